The SMILES string of the molecule is CSCCCCNc1ncnc2c1c(Br)nn2C. The normalized spacial score (nSPS) is 11.1. The Labute approximate surface area is 119 Å². The molecule has 2 aromatic rings. The van der Waals surface area contributed by atoms with E-state index >= 15 is 0 Å². The Morgan fingerprint density at radius 1 is 1.39 bits per heavy atom. The van der Waals surface area contributed by atoms with Gasteiger partial charge in [0.05, 0.1) is 5.39 Å². The maximum atomic E-state index is 4.30. The average Bonchev–Trinajstić information content (AvgIpc) is 2.66. The number of aryl methyl sites for hydroxylation is 1. The van der Waals surface area contributed by atoms with Gasteiger partial charge in [0.1, 0.15) is 16.7 Å². The molecule has 0 aliphatic rings. The van der Waals surface area contributed by atoms with Crippen molar-refractivity contribution in [1.82, 2.24) is 19.7 Å². The van der Waals surface area contributed by atoms with Gasteiger partial charge in [-0.3, -0.25) is 0 Å². The molecule has 0 atom stereocenters. The molecule has 2 heterocycles. The van der Waals surface area contributed by atoms with Gasteiger partial charge in [-0.1, -0.05) is 0 Å². The van der Waals surface area contributed by atoms with Crippen LogP contribution in [-0.2, 0) is 7.05 Å². The second kappa shape index (κ2) is 6.38. The molecule has 1 N–H and O–H groups in total. The number of nitrogens with zero attached hydrogens (tertiary/aromatic N) is 4. The molecule has 2 rings (SSSR count). The van der Waals surface area contributed by atoms with Gasteiger partial charge in [0.25, 0.3) is 0 Å². The third kappa shape index (κ3) is 2.95. The molecule has 0 amide bonds. The van der Waals surface area contributed by atoms with Gasteiger partial charge < -0.3 is 5.32 Å². The van der Waals surface area contributed by atoms with Gasteiger partial charge in [0.15, 0.2) is 5.65 Å². The maximum Gasteiger partial charge on any atom is 0.164 e. The molecular weight excluding hydrogens is 314 g/mol. The first kappa shape index (κ1) is 13.6. The molecule has 0 spiro atoms. The molecule has 98 valence electrons. The second-order valence-corrected chi connectivity index (χ2v) is 5.70. The Morgan fingerprint density at radius 3 is 3.00 bits per heavy atom. The fourth-order valence-electron chi connectivity index (χ4n) is 1.75. The summed E-state index contributed by atoms with van der Waals surface area (Å²) in [7, 11) is 1.88. The lowest BCUT2D eigenvalue weighted by atomic mass is 10.3. The lowest BCUT2D eigenvalue weighted by molar-refractivity contribution is 0.777. The summed E-state index contributed by atoms with van der Waals surface area (Å²) in [5.74, 6) is 2.06. The topological polar surface area (TPSA) is 55.6 Å². The number of hydrogen-bond donors (Lipinski definition) is 1. The highest BCUT2D eigenvalue weighted by molar-refractivity contribution is 9.10. The van der Waals surface area contributed by atoms with Crippen LogP contribution in [0.15, 0.2) is 10.9 Å². The summed E-state index contributed by atoms with van der Waals surface area (Å²) < 4.78 is 2.53. The number of nitrogens with one attached hydrogen (secondary N) is 1. The van der Waals surface area contributed by atoms with E-state index in [4.69, 9.17) is 0 Å². The van der Waals surface area contributed by atoms with Crippen LogP contribution in [-0.4, -0.2) is 38.3 Å². The van der Waals surface area contributed by atoms with E-state index in [1.807, 2.05) is 18.8 Å². The number of anilines is 1. The third-order valence-electron chi connectivity index (χ3n) is 2.65. The Hall–Kier alpha value is -0.820. The lowest BCUT2D eigenvalue weighted by Crippen LogP contribution is -2.04. The summed E-state index contributed by atoms with van der Waals surface area (Å²) >= 11 is 5.33. The second-order valence-electron chi connectivity index (χ2n) is 3.96. The van der Waals surface area contributed by atoms with Crippen LogP contribution in [0.1, 0.15) is 12.8 Å². The van der Waals surface area contributed by atoms with E-state index in [0.717, 1.165) is 34.4 Å². The smallest absolute Gasteiger partial charge is 0.164 e. The molecule has 0 fully saturated rings. The first-order valence-electron chi connectivity index (χ1n) is 5.80. The van der Waals surface area contributed by atoms with Crippen LogP contribution in [0, 0.1) is 0 Å². The third-order valence-corrected chi connectivity index (χ3v) is 3.90. The van der Waals surface area contributed by atoms with Gasteiger partial charge in [0.2, 0.25) is 0 Å². The summed E-state index contributed by atoms with van der Waals surface area (Å²) in [6.07, 6.45) is 6.07. The van der Waals surface area contributed by atoms with Gasteiger partial charge in [-0.2, -0.15) is 16.9 Å². The molecule has 0 aromatic carbocycles. The predicted molar refractivity (Wildman–Crippen MR) is 80.1 cm³/mol. The monoisotopic (exact) mass is 329 g/mol. The maximum absolute atomic E-state index is 4.30. The Morgan fingerprint density at radius 2 is 2.22 bits per heavy atom. The van der Waals surface area contributed by atoms with Crippen molar-refractivity contribution in [2.45, 2.75) is 12.8 Å². The molecule has 0 aliphatic carbocycles. The van der Waals surface area contributed by atoms with Crippen molar-refractivity contribution in [1.29, 1.82) is 0 Å². The molecule has 5 nitrogen and oxygen atoms in total. The minimum Gasteiger partial charge on any atom is -0.369 e. The van der Waals surface area contributed by atoms with Crippen molar-refractivity contribution in [3.05, 3.63) is 10.9 Å². The van der Waals surface area contributed by atoms with E-state index in [1.54, 1.807) is 11.0 Å². The summed E-state index contributed by atoms with van der Waals surface area (Å²) in [5, 5.41) is 8.60. The van der Waals surface area contributed by atoms with Crippen LogP contribution in [0.25, 0.3) is 11.0 Å². The zero-order valence-electron chi connectivity index (χ0n) is 10.5. The molecule has 2 aromatic heterocycles. The van der Waals surface area contributed by atoms with Gasteiger partial charge in [-0.05, 0) is 40.8 Å². The number of thioether (sulfide) groups is 1. The molecule has 18 heavy (non-hydrogen) atoms. The summed E-state index contributed by atoms with van der Waals surface area (Å²) in [6, 6.07) is 0. The molecule has 0 saturated heterocycles. The van der Waals surface area contributed by atoms with Crippen LogP contribution >= 0.6 is 27.7 Å². The van der Waals surface area contributed by atoms with E-state index in [9.17, 15) is 0 Å². The van der Waals surface area contributed by atoms with E-state index in [1.165, 1.54) is 12.2 Å². The van der Waals surface area contributed by atoms with Gasteiger partial charge in [-0.25, -0.2) is 14.6 Å². The molecule has 0 aliphatic heterocycles. The number of fused-ring (bicyclic) bond motifs is 1. The first-order chi connectivity index (χ1) is 8.74. The summed E-state index contributed by atoms with van der Waals surface area (Å²) in [5.41, 5.74) is 0.837. The summed E-state index contributed by atoms with van der Waals surface area (Å²) in [6.45, 7) is 0.925. The van der Waals surface area contributed by atoms with E-state index in [-0.39, 0.29) is 0 Å². The fraction of sp³-hybridized carbons (Fsp3) is 0.545. The van der Waals surface area contributed by atoms with Crippen molar-refractivity contribution in [2.24, 2.45) is 7.05 Å². The molecular formula is C11H16BrN5S. The van der Waals surface area contributed by atoms with Crippen LogP contribution in [0.2, 0.25) is 0 Å². The molecule has 0 saturated carbocycles. The van der Waals surface area contributed by atoms with Crippen LogP contribution < -0.4 is 5.32 Å². The highest BCUT2D eigenvalue weighted by atomic mass is 79.9. The van der Waals surface area contributed by atoms with E-state index in [0.29, 0.717) is 0 Å². The first-order valence-corrected chi connectivity index (χ1v) is 7.98. The molecule has 7 heteroatoms. The highest BCUT2D eigenvalue weighted by Gasteiger charge is 2.12. The minimum absolute atomic E-state index is 0.784. The van der Waals surface area contributed by atoms with Crippen molar-refractivity contribution >= 4 is 44.5 Å². The van der Waals surface area contributed by atoms with Gasteiger partial charge in [0, 0.05) is 13.6 Å². The van der Waals surface area contributed by atoms with Crippen molar-refractivity contribution in [3.8, 4) is 0 Å². The number of halogens is 1. The Kier molecular flexibility index (Phi) is 4.82. The van der Waals surface area contributed by atoms with Crippen molar-refractivity contribution < 1.29 is 0 Å². The predicted octanol–water partition coefficient (Wildman–Crippen LogP) is 2.68. The van der Waals surface area contributed by atoms with Gasteiger partial charge >= 0.3 is 0 Å². The van der Waals surface area contributed by atoms with Crippen LogP contribution in [0.5, 0.6) is 0 Å². The zero-order valence-corrected chi connectivity index (χ0v) is 12.9. The Balaban J connectivity index is 2.08. The molecule has 0 bridgehead atoms. The average molecular weight is 330 g/mol. The molecule has 0 unspecified atom stereocenters. The van der Waals surface area contributed by atoms with E-state index < -0.39 is 0 Å². The van der Waals surface area contributed by atoms with Crippen molar-refractivity contribution in [3.63, 3.8) is 0 Å². The Bertz CT molecular complexity index is 527. The highest BCUT2D eigenvalue weighted by Crippen LogP contribution is 2.26. The van der Waals surface area contributed by atoms with Gasteiger partial charge in [-0.15, -0.1) is 0 Å². The number of aromatic nitrogens is 4. The number of hydrogen-bond acceptors (Lipinski definition) is 5. The largest absolute Gasteiger partial charge is 0.369 e. The van der Waals surface area contributed by atoms with E-state index in [2.05, 4.69) is 42.6 Å². The lowest BCUT2D eigenvalue weighted by Gasteiger charge is -2.06. The fourth-order valence-corrected chi connectivity index (χ4v) is 2.85. The van der Waals surface area contributed by atoms with Crippen LogP contribution in [0.3, 0.4) is 0 Å². The quantitative estimate of drug-likeness (QED) is 0.826. The minimum atomic E-state index is 0.784. The van der Waals surface area contributed by atoms with Crippen LogP contribution in [0.4, 0.5) is 5.82 Å². The number of unbranched alkanes of at least 4 members (excludes halogenated alkanes) is 1. The zero-order chi connectivity index (χ0) is 13.0. The summed E-state index contributed by atoms with van der Waals surface area (Å²) in [4.78, 5) is 8.52. The molecule has 0 radical (unpaired) electrons. The number of rotatable bonds is 6. The standard InChI is InChI=1S/C11H16BrN5S/c1-17-11-8(9(12)16-17)10(14-7-15-11)13-5-3-4-6-18-2/h7H,3-6H2,1-2H3,(H,13,14,15). The van der Waals surface area contributed by atoms with Crippen molar-refractivity contribution in [2.75, 3.05) is 23.9 Å².